The second-order valence-electron chi connectivity index (χ2n) is 10.4. The second kappa shape index (κ2) is 8.65. The minimum atomic E-state index is 0.639. The Labute approximate surface area is 239 Å². The van der Waals surface area contributed by atoms with E-state index >= 15 is 0 Å². The summed E-state index contributed by atoms with van der Waals surface area (Å²) in [6.07, 6.45) is 0. The fourth-order valence-corrected chi connectivity index (χ4v) is 7.28. The Bertz CT molecular complexity index is 2490. The highest BCUT2D eigenvalue weighted by molar-refractivity contribution is 7.26. The molecule has 0 spiro atoms. The molecule has 0 atom stereocenters. The summed E-state index contributed by atoms with van der Waals surface area (Å²) in [5.74, 6) is 0.639. The molecule has 0 fully saturated rings. The number of benzene rings is 6. The molecular weight excluding hydrogens is 518 g/mol. The molecule has 0 amide bonds. The number of hydrogen-bond acceptors (Lipinski definition) is 4. The van der Waals surface area contributed by atoms with Crippen LogP contribution in [0.15, 0.2) is 127 Å². The summed E-state index contributed by atoms with van der Waals surface area (Å²) in [6, 6.07) is 44.8. The van der Waals surface area contributed by atoms with Crippen molar-refractivity contribution < 1.29 is 0 Å². The normalized spacial score (nSPS) is 11.9. The molecule has 190 valence electrons. The second-order valence-corrected chi connectivity index (χ2v) is 11.5. The molecule has 9 aromatic rings. The Morgan fingerprint density at radius 1 is 0.415 bits per heavy atom. The van der Waals surface area contributed by atoms with E-state index in [0.29, 0.717) is 5.82 Å². The number of hydrogen-bond donors (Lipinski definition) is 0. The molecule has 0 radical (unpaired) electrons. The highest BCUT2D eigenvalue weighted by Crippen LogP contribution is 2.42. The van der Waals surface area contributed by atoms with Crippen molar-refractivity contribution in [2.24, 2.45) is 0 Å². The van der Waals surface area contributed by atoms with Crippen molar-refractivity contribution in [3.63, 3.8) is 0 Å². The molecule has 3 nitrogen and oxygen atoms in total. The van der Waals surface area contributed by atoms with Crippen molar-refractivity contribution in [2.75, 3.05) is 0 Å². The van der Waals surface area contributed by atoms with Gasteiger partial charge in [0, 0.05) is 41.9 Å². The third-order valence-corrected chi connectivity index (χ3v) is 9.18. The number of para-hydroxylation sites is 1. The van der Waals surface area contributed by atoms with Gasteiger partial charge in [-0.2, -0.15) is 0 Å². The molecule has 0 N–H and O–H groups in total. The molecule has 0 aliphatic carbocycles. The first kappa shape index (κ1) is 22.6. The first-order valence-corrected chi connectivity index (χ1v) is 14.5. The highest BCUT2D eigenvalue weighted by atomic mass is 32.1. The maximum Gasteiger partial charge on any atom is 0.179 e. The van der Waals surface area contributed by atoms with Gasteiger partial charge in [0.05, 0.1) is 16.7 Å². The number of pyridine rings is 1. The van der Waals surface area contributed by atoms with E-state index in [-0.39, 0.29) is 0 Å². The number of thiophene rings is 1. The molecule has 0 aliphatic heterocycles. The van der Waals surface area contributed by atoms with Crippen molar-refractivity contribution in [3.05, 3.63) is 127 Å². The summed E-state index contributed by atoms with van der Waals surface area (Å²) < 4.78 is 2.57. The topological polar surface area (TPSA) is 38.7 Å². The predicted molar refractivity (Wildman–Crippen MR) is 174 cm³/mol. The molecule has 0 aliphatic rings. The van der Waals surface area contributed by atoms with Crippen LogP contribution in [-0.2, 0) is 0 Å². The van der Waals surface area contributed by atoms with Crippen molar-refractivity contribution in [3.8, 4) is 22.8 Å². The SMILES string of the molecule is c1ccc2cc(-c3nc(-c4nc5ccc6sc7ccccc7c6c5c5ccccc45)nc4ccccc34)ccc2c1. The van der Waals surface area contributed by atoms with Gasteiger partial charge >= 0.3 is 0 Å². The van der Waals surface area contributed by atoms with Crippen LogP contribution in [0.3, 0.4) is 0 Å². The van der Waals surface area contributed by atoms with E-state index < -0.39 is 0 Å². The molecule has 0 saturated carbocycles. The minimum Gasteiger partial charge on any atom is -0.244 e. The Morgan fingerprint density at radius 3 is 2.05 bits per heavy atom. The number of fused-ring (bicyclic) bond motifs is 9. The molecule has 3 aromatic heterocycles. The molecule has 0 bridgehead atoms. The van der Waals surface area contributed by atoms with Gasteiger partial charge in [-0.05, 0) is 46.5 Å². The largest absolute Gasteiger partial charge is 0.244 e. The summed E-state index contributed by atoms with van der Waals surface area (Å²) in [4.78, 5) is 15.6. The van der Waals surface area contributed by atoms with Crippen molar-refractivity contribution in [1.82, 2.24) is 15.0 Å². The molecule has 3 heterocycles. The first-order valence-electron chi connectivity index (χ1n) is 13.7. The lowest BCUT2D eigenvalue weighted by molar-refractivity contribution is 1.20. The predicted octanol–water partition coefficient (Wildman–Crippen LogP) is 10.2. The molecule has 4 heteroatoms. The fraction of sp³-hybridized carbons (Fsp3) is 0. The van der Waals surface area contributed by atoms with E-state index in [4.69, 9.17) is 15.0 Å². The van der Waals surface area contributed by atoms with E-state index in [1.807, 2.05) is 17.4 Å². The number of rotatable bonds is 2. The van der Waals surface area contributed by atoms with Crippen molar-refractivity contribution in [2.45, 2.75) is 0 Å². The van der Waals surface area contributed by atoms with Crippen LogP contribution in [0.1, 0.15) is 0 Å². The summed E-state index contributed by atoms with van der Waals surface area (Å²) in [5, 5.41) is 9.40. The third kappa shape index (κ3) is 3.41. The zero-order chi connectivity index (χ0) is 26.9. The van der Waals surface area contributed by atoms with Crippen molar-refractivity contribution >= 4 is 74.9 Å². The number of nitrogens with zero attached hydrogens (tertiary/aromatic N) is 3. The monoisotopic (exact) mass is 539 g/mol. The van der Waals surface area contributed by atoms with E-state index in [1.165, 1.54) is 41.7 Å². The van der Waals surface area contributed by atoms with Gasteiger partial charge in [0.2, 0.25) is 0 Å². The zero-order valence-corrected chi connectivity index (χ0v) is 22.7. The van der Waals surface area contributed by atoms with E-state index in [2.05, 4.69) is 121 Å². The maximum absolute atomic E-state index is 5.28. The van der Waals surface area contributed by atoms with E-state index in [1.54, 1.807) is 0 Å². The molecule has 0 unspecified atom stereocenters. The molecule has 6 aromatic carbocycles. The van der Waals surface area contributed by atoms with Gasteiger partial charge in [-0.15, -0.1) is 11.3 Å². The van der Waals surface area contributed by atoms with E-state index in [9.17, 15) is 0 Å². The smallest absolute Gasteiger partial charge is 0.179 e. The Hall–Kier alpha value is -5.19. The summed E-state index contributed by atoms with van der Waals surface area (Å²) >= 11 is 1.83. The summed E-state index contributed by atoms with van der Waals surface area (Å²) in [5.41, 5.74) is 4.66. The third-order valence-electron chi connectivity index (χ3n) is 8.04. The van der Waals surface area contributed by atoms with Gasteiger partial charge in [0.1, 0.15) is 5.69 Å². The highest BCUT2D eigenvalue weighted by Gasteiger charge is 2.19. The standard InChI is InChI=1S/C37H21N3S/c1-2-10-23-21-24(18-17-22(23)9-1)35-27-13-5-7-15-29(27)39-37(40-35)36-26-12-4-3-11-25(26)33-30(38-36)19-20-32-34(33)28-14-6-8-16-31(28)41-32/h1-21H. The van der Waals surface area contributed by atoms with Gasteiger partial charge in [0.15, 0.2) is 5.82 Å². The Kier molecular flexibility index (Phi) is 4.77. The maximum atomic E-state index is 5.28. The van der Waals surface area contributed by atoms with Gasteiger partial charge in [0.25, 0.3) is 0 Å². The average molecular weight is 540 g/mol. The lowest BCUT2D eigenvalue weighted by atomic mass is 9.99. The molecule has 41 heavy (non-hydrogen) atoms. The van der Waals surface area contributed by atoms with Crippen LogP contribution in [-0.4, -0.2) is 15.0 Å². The van der Waals surface area contributed by atoms with Gasteiger partial charge in [-0.3, -0.25) is 0 Å². The van der Waals surface area contributed by atoms with Crippen molar-refractivity contribution in [1.29, 1.82) is 0 Å². The average Bonchev–Trinajstić information content (AvgIpc) is 3.42. The molecule has 9 rings (SSSR count). The van der Waals surface area contributed by atoms with Crippen LogP contribution >= 0.6 is 11.3 Å². The minimum absolute atomic E-state index is 0.639. The van der Waals surface area contributed by atoms with Gasteiger partial charge < -0.3 is 0 Å². The van der Waals surface area contributed by atoms with Crippen LogP contribution in [0.5, 0.6) is 0 Å². The molecular formula is C37H21N3S. The Balaban J connectivity index is 1.37. The number of aromatic nitrogens is 3. The molecule has 0 saturated heterocycles. The van der Waals surface area contributed by atoms with Gasteiger partial charge in [-0.1, -0.05) is 97.1 Å². The zero-order valence-electron chi connectivity index (χ0n) is 21.9. The van der Waals surface area contributed by atoms with E-state index in [0.717, 1.165) is 38.8 Å². The van der Waals surface area contributed by atoms with Crippen LogP contribution in [0.4, 0.5) is 0 Å². The van der Waals surface area contributed by atoms with Crippen LogP contribution in [0.2, 0.25) is 0 Å². The lowest BCUT2D eigenvalue weighted by Crippen LogP contribution is -1.98. The lowest BCUT2D eigenvalue weighted by Gasteiger charge is -2.13. The first-order chi connectivity index (χ1) is 20.3. The van der Waals surface area contributed by atoms with Crippen LogP contribution < -0.4 is 0 Å². The van der Waals surface area contributed by atoms with Crippen LogP contribution in [0, 0.1) is 0 Å². The quantitative estimate of drug-likeness (QED) is 0.205. The fourth-order valence-electron chi connectivity index (χ4n) is 6.17. The van der Waals surface area contributed by atoms with Gasteiger partial charge in [-0.25, -0.2) is 15.0 Å². The summed E-state index contributed by atoms with van der Waals surface area (Å²) in [6.45, 7) is 0. The summed E-state index contributed by atoms with van der Waals surface area (Å²) in [7, 11) is 0. The Morgan fingerprint density at radius 2 is 1.15 bits per heavy atom. The van der Waals surface area contributed by atoms with Crippen LogP contribution in [0.25, 0.3) is 86.3 Å².